The summed E-state index contributed by atoms with van der Waals surface area (Å²) >= 11 is 1.29. The number of ether oxygens (including phenoxy) is 2. The van der Waals surface area contributed by atoms with Gasteiger partial charge in [0.1, 0.15) is 16.3 Å². The second-order valence-electron chi connectivity index (χ2n) is 6.04. The Hall–Kier alpha value is -3.38. The Kier molecular flexibility index (Phi) is 6.81. The Morgan fingerprint density at radius 3 is 2.45 bits per heavy atom. The van der Waals surface area contributed by atoms with Gasteiger partial charge in [-0.25, -0.2) is 4.79 Å². The molecular formula is C23H21NO4S. The lowest BCUT2D eigenvalue weighted by Gasteiger charge is -2.08. The van der Waals surface area contributed by atoms with Crippen molar-refractivity contribution in [2.75, 3.05) is 19.0 Å². The van der Waals surface area contributed by atoms with Gasteiger partial charge in [0.15, 0.2) is 0 Å². The van der Waals surface area contributed by atoms with E-state index in [9.17, 15) is 9.59 Å². The van der Waals surface area contributed by atoms with E-state index in [1.165, 1.54) is 17.4 Å². The molecule has 5 nitrogen and oxygen atoms in total. The maximum atomic E-state index is 12.6. The highest BCUT2D eigenvalue weighted by atomic mass is 32.1. The minimum atomic E-state index is -0.470. The number of nitrogens with one attached hydrogen (secondary N) is 1. The van der Waals surface area contributed by atoms with E-state index < -0.39 is 5.97 Å². The van der Waals surface area contributed by atoms with Gasteiger partial charge in [-0.15, -0.1) is 11.3 Å². The van der Waals surface area contributed by atoms with Crippen molar-refractivity contribution in [1.29, 1.82) is 0 Å². The van der Waals surface area contributed by atoms with Gasteiger partial charge in [0, 0.05) is 17.0 Å². The van der Waals surface area contributed by atoms with Crippen LogP contribution in [0.25, 0.3) is 17.2 Å². The molecule has 0 aliphatic heterocycles. The maximum absolute atomic E-state index is 12.6. The number of hydrogen-bond donors (Lipinski definition) is 1. The molecule has 3 aromatic rings. The van der Waals surface area contributed by atoms with E-state index in [1.54, 1.807) is 20.1 Å². The van der Waals surface area contributed by atoms with Crippen molar-refractivity contribution in [3.63, 3.8) is 0 Å². The standard InChI is InChI=1S/C23H21NO4S/c1-3-28-23(26)21-19(17-10-12-18(27-2)13-11-17)15-29-22(21)24-20(25)14-9-16-7-5-4-6-8-16/h4-15H,3H2,1-2H3,(H,24,25)/b14-9+. The number of amides is 1. The number of esters is 1. The molecule has 0 atom stereocenters. The number of rotatable bonds is 7. The van der Waals surface area contributed by atoms with Crippen molar-refractivity contribution >= 4 is 34.3 Å². The molecule has 6 heteroatoms. The number of methoxy groups -OCH3 is 1. The van der Waals surface area contributed by atoms with Gasteiger partial charge in [0.2, 0.25) is 5.91 Å². The van der Waals surface area contributed by atoms with Gasteiger partial charge in [-0.05, 0) is 36.3 Å². The van der Waals surface area contributed by atoms with Crippen molar-refractivity contribution in [2.45, 2.75) is 6.92 Å². The smallest absolute Gasteiger partial charge is 0.341 e. The summed E-state index contributed by atoms with van der Waals surface area (Å²) in [6, 6.07) is 16.9. The third kappa shape index (κ3) is 5.12. The van der Waals surface area contributed by atoms with Crippen LogP contribution in [0, 0.1) is 0 Å². The first-order valence-electron chi connectivity index (χ1n) is 9.09. The minimum absolute atomic E-state index is 0.248. The zero-order valence-electron chi connectivity index (χ0n) is 16.2. The van der Waals surface area contributed by atoms with E-state index >= 15 is 0 Å². The van der Waals surface area contributed by atoms with Crippen LogP contribution in [0.2, 0.25) is 0 Å². The topological polar surface area (TPSA) is 64.6 Å². The van der Waals surface area contributed by atoms with E-state index in [1.807, 2.05) is 60.0 Å². The van der Waals surface area contributed by atoms with E-state index in [-0.39, 0.29) is 12.5 Å². The molecule has 0 bridgehead atoms. The molecule has 0 saturated carbocycles. The molecule has 1 amide bonds. The monoisotopic (exact) mass is 407 g/mol. The fourth-order valence-electron chi connectivity index (χ4n) is 2.73. The highest BCUT2D eigenvalue weighted by molar-refractivity contribution is 7.15. The number of thiophene rings is 1. The molecule has 0 saturated heterocycles. The zero-order chi connectivity index (χ0) is 20.6. The average molecular weight is 407 g/mol. The summed E-state index contributed by atoms with van der Waals surface area (Å²) in [6.07, 6.45) is 3.16. The van der Waals surface area contributed by atoms with Crippen molar-refractivity contribution in [2.24, 2.45) is 0 Å². The van der Waals surface area contributed by atoms with E-state index in [0.717, 1.165) is 16.9 Å². The predicted molar refractivity (Wildman–Crippen MR) is 116 cm³/mol. The molecular weight excluding hydrogens is 386 g/mol. The Morgan fingerprint density at radius 1 is 1.07 bits per heavy atom. The summed E-state index contributed by atoms with van der Waals surface area (Å²) in [5.41, 5.74) is 2.81. The van der Waals surface area contributed by atoms with Crippen LogP contribution in [-0.4, -0.2) is 25.6 Å². The number of anilines is 1. The summed E-state index contributed by atoms with van der Waals surface area (Å²) in [5, 5.41) is 5.09. The molecule has 0 aliphatic carbocycles. The molecule has 1 heterocycles. The molecule has 0 aliphatic rings. The highest BCUT2D eigenvalue weighted by Gasteiger charge is 2.22. The van der Waals surface area contributed by atoms with Crippen LogP contribution in [0.4, 0.5) is 5.00 Å². The quantitative estimate of drug-likeness (QED) is 0.429. The number of carbonyl (C=O) groups is 2. The van der Waals surface area contributed by atoms with Crippen molar-refractivity contribution in [3.05, 3.63) is 77.2 Å². The first-order chi connectivity index (χ1) is 14.1. The van der Waals surface area contributed by atoms with Crippen LogP contribution in [0.5, 0.6) is 5.75 Å². The van der Waals surface area contributed by atoms with Gasteiger partial charge in [-0.3, -0.25) is 4.79 Å². The van der Waals surface area contributed by atoms with Gasteiger partial charge in [-0.1, -0.05) is 42.5 Å². The SMILES string of the molecule is CCOC(=O)c1c(-c2ccc(OC)cc2)csc1NC(=O)/C=C/c1ccccc1. The summed E-state index contributed by atoms with van der Waals surface area (Å²) in [4.78, 5) is 25.0. The fraction of sp³-hybridized carbons (Fsp3) is 0.130. The van der Waals surface area contributed by atoms with Gasteiger partial charge in [-0.2, -0.15) is 0 Å². The van der Waals surface area contributed by atoms with Gasteiger partial charge in [0.05, 0.1) is 13.7 Å². The Bertz CT molecular complexity index is 1010. The average Bonchev–Trinajstić information content (AvgIpc) is 3.16. The van der Waals surface area contributed by atoms with Crippen LogP contribution in [-0.2, 0) is 9.53 Å². The predicted octanol–water partition coefficient (Wildman–Crippen LogP) is 5.25. The lowest BCUT2D eigenvalue weighted by atomic mass is 10.0. The lowest BCUT2D eigenvalue weighted by Crippen LogP contribution is -2.12. The summed E-state index contributed by atoms with van der Waals surface area (Å²) in [5.74, 6) is -0.0642. The number of hydrogen-bond acceptors (Lipinski definition) is 5. The third-order valence-corrected chi connectivity index (χ3v) is 5.03. The minimum Gasteiger partial charge on any atom is -0.497 e. The van der Waals surface area contributed by atoms with Gasteiger partial charge >= 0.3 is 5.97 Å². The molecule has 3 rings (SSSR count). The lowest BCUT2D eigenvalue weighted by molar-refractivity contribution is -0.111. The van der Waals surface area contributed by atoms with Gasteiger partial charge in [0.25, 0.3) is 0 Å². The maximum Gasteiger partial charge on any atom is 0.341 e. The first kappa shape index (κ1) is 20.4. The molecule has 0 unspecified atom stereocenters. The Morgan fingerprint density at radius 2 is 1.79 bits per heavy atom. The van der Waals surface area contributed by atoms with Crippen molar-refractivity contribution < 1.29 is 19.1 Å². The van der Waals surface area contributed by atoms with Crippen LogP contribution in [0.3, 0.4) is 0 Å². The first-order valence-corrected chi connectivity index (χ1v) is 9.97. The van der Waals surface area contributed by atoms with E-state index in [4.69, 9.17) is 9.47 Å². The molecule has 1 N–H and O–H groups in total. The largest absolute Gasteiger partial charge is 0.497 e. The van der Waals surface area contributed by atoms with Crippen LogP contribution in [0.1, 0.15) is 22.8 Å². The fourth-order valence-corrected chi connectivity index (χ4v) is 3.69. The molecule has 29 heavy (non-hydrogen) atoms. The zero-order valence-corrected chi connectivity index (χ0v) is 17.0. The molecule has 0 spiro atoms. The normalized spacial score (nSPS) is 10.7. The van der Waals surface area contributed by atoms with Crippen LogP contribution in [0.15, 0.2) is 66.1 Å². The molecule has 0 fully saturated rings. The van der Waals surface area contributed by atoms with Crippen molar-refractivity contribution in [1.82, 2.24) is 0 Å². The van der Waals surface area contributed by atoms with Crippen LogP contribution < -0.4 is 10.1 Å². The molecule has 0 radical (unpaired) electrons. The number of benzene rings is 2. The van der Waals surface area contributed by atoms with E-state index in [0.29, 0.717) is 16.1 Å². The number of carbonyl (C=O) groups excluding carboxylic acids is 2. The molecule has 148 valence electrons. The molecule has 2 aromatic carbocycles. The Labute approximate surface area is 173 Å². The molecule has 1 aromatic heterocycles. The van der Waals surface area contributed by atoms with Crippen molar-refractivity contribution in [3.8, 4) is 16.9 Å². The second-order valence-corrected chi connectivity index (χ2v) is 6.92. The summed E-state index contributed by atoms with van der Waals surface area (Å²) < 4.78 is 10.4. The van der Waals surface area contributed by atoms with Gasteiger partial charge < -0.3 is 14.8 Å². The second kappa shape index (κ2) is 9.71. The van der Waals surface area contributed by atoms with Crippen LogP contribution >= 0.6 is 11.3 Å². The summed E-state index contributed by atoms with van der Waals surface area (Å²) in [6.45, 7) is 2.00. The Balaban J connectivity index is 1.87. The highest BCUT2D eigenvalue weighted by Crippen LogP contribution is 2.36. The third-order valence-electron chi connectivity index (χ3n) is 4.14. The summed E-state index contributed by atoms with van der Waals surface area (Å²) in [7, 11) is 1.60. The van der Waals surface area contributed by atoms with E-state index in [2.05, 4.69) is 5.32 Å².